The van der Waals surface area contributed by atoms with E-state index in [4.69, 9.17) is 16.7 Å². The number of fused-ring (bicyclic) bond motifs is 1. The van der Waals surface area contributed by atoms with Crippen LogP contribution in [0.1, 0.15) is 10.4 Å². The summed E-state index contributed by atoms with van der Waals surface area (Å²) in [5, 5.41) is 11.6. The Labute approximate surface area is 140 Å². The van der Waals surface area contributed by atoms with Crippen molar-refractivity contribution in [1.29, 1.82) is 0 Å². The van der Waals surface area contributed by atoms with Gasteiger partial charge in [0, 0.05) is 10.6 Å². The summed E-state index contributed by atoms with van der Waals surface area (Å²) in [6.45, 7) is 0. The third kappa shape index (κ3) is 2.68. The summed E-state index contributed by atoms with van der Waals surface area (Å²) in [7, 11) is 0. The van der Waals surface area contributed by atoms with Gasteiger partial charge in [-0.25, -0.2) is 4.79 Å². The van der Waals surface area contributed by atoms with Crippen molar-refractivity contribution >= 4 is 46.9 Å². The maximum atomic E-state index is 12.1. The van der Waals surface area contributed by atoms with E-state index in [9.17, 15) is 19.2 Å². The lowest BCUT2D eigenvalue weighted by molar-refractivity contribution is -0.164. The Morgan fingerprint density at radius 1 is 1.26 bits per heavy atom. The molecule has 2 unspecified atom stereocenters. The molecule has 2 N–H and O–H groups in total. The van der Waals surface area contributed by atoms with E-state index >= 15 is 0 Å². The van der Waals surface area contributed by atoms with Gasteiger partial charge < -0.3 is 15.3 Å². The summed E-state index contributed by atoms with van der Waals surface area (Å²) < 4.78 is 0. The molecule has 2 fully saturated rings. The van der Waals surface area contributed by atoms with E-state index in [2.05, 4.69) is 5.32 Å². The van der Waals surface area contributed by atoms with Crippen LogP contribution in [-0.2, 0) is 14.4 Å². The summed E-state index contributed by atoms with van der Waals surface area (Å²) in [6, 6.07) is 3.86. The number of carboxylic acids is 1. The molecule has 9 heteroatoms. The van der Waals surface area contributed by atoms with E-state index in [1.807, 2.05) is 0 Å². The van der Waals surface area contributed by atoms with E-state index in [1.54, 1.807) is 12.1 Å². The molecule has 0 spiro atoms. The zero-order chi connectivity index (χ0) is 16.7. The van der Waals surface area contributed by atoms with Gasteiger partial charge in [-0.2, -0.15) is 0 Å². The number of carbonyl (C=O) groups is 4. The predicted octanol–water partition coefficient (Wildman–Crippen LogP) is 0.376. The fraction of sp³-hybridized carbons (Fsp3) is 0.286. The highest BCUT2D eigenvalue weighted by Gasteiger charge is 2.57. The second-order valence-electron chi connectivity index (χ2n) is 5.11. The molecular weight excluding hydrogens is 344 g/mol. The molecule has 0 radical (unpaired) electrons. The normalized spacial score (nSPS) is 26.3. The van der Waals surface area contributed by atoms with Crippen molar-refractivity contribution in [2.75, 3.05) is 5.75 Å². The van der Waals surface area contributed by atoms with Crippen LogP contribution in [0, 0.1) is 0 Å². The fourth-order valence-corrected chi connectivity index (χ4v) is 3.94. The van der Waals surface area contributed by atoms with Crippen LogP contribution in [0.2, 0.25) is 5.02 Å². The average molecular weight is 355 g/mol. The van der Waals surface area contributed by atoms with Gasteiger partial charge in [-0.05, 0) is 24.3 Å². The van der Waals surface area contributed by atoms with E-state index in [0.29, 0.717) is 10.6 Å². The van der Waals surface area contributed by atoms with Crippen LogP contribution in [-0.4, -0.2) is 56.8 Å². The van der Waals surface area contributed by atoms with Crippen molar-refractivity contribution in [3.8, 4) is 0 Å². The molecule has 120 valence electrons. The molecule has 2 aliphatic heterocycles. The van der Waals surface area contributed by atoms with Crippen LogP contribution < -0.4 is 5.32 Å². The standard InChI is InChI=1S/C14H11ClN2O5S/c15-7-3-1-6(2-4-7)11(19)16-9-12(20)17-10(14(21)22)8(18)5-23-13(9)17/h1-4,9-10,13H,5H2,(H,16,19)(H,21,22)/t9?,10?,13-/m0/s1. The number of amides is 2. The summed E-state index contributed by atoms with van der Waals surface area (Å²) in [5.41, 5.74) is 0.340. The van der Waals surface area contributed by atoms with Crippen molar-refractivity contribution < 1.29 is 24.3 Å². The number of hydrogen-bond donors (Lipinski definition) is 2. The SMILES string of the molecule is O=C(NC1C(=O)N2C(C(=O)O)C(=O)CS[C@@H]12)c1ccc(Cl)cc1. The summed E-state index contributed by atoms with van der Waals surface area (Å²) >= 11 is 6.90. The Morgan fingerprint density at radius 2 is 1.91 bits per heavy atom. The molecule has 3 rings (SSSR count). The molecule has 0 saturated carbocycles. The summed E-state index contributed by atoms with van der Waals surface area (Å²) in [5.74, 6) is -2.89. The number of Topliss-reactive ketones (excluding diaryl/α,β-unsaturated/α-hetero) is 1. The van der Waals surface area contributed by atoms with Crippen LogP contribution in [0.3, 0.4) is 0 Å². The lowest BCUT2D eigenvalue weighted by Gasteiger charge is -2.51. The van der Waals surface area contributed by atoms with E-state index in [-0.39, 0.29) is 5.75 Å². The molecule has 3 atom stereocenters. The monoisotopic (exact) mass is 354 g/mol. The van der Waals surface area contributed by atoms with Gasteiger partial charge in [0.15, 0.2) is 11.8 Å². The van der Waals surface area contributed by atoms with Gasteiger partial charge in [-0.15, -0.1) is 11.8 Å². The number of carboxylic acid groups (broad SMARTS) is 1. The summed E-state index contributed by atoms with van der Waals surface area (Å²) in [4.78, 5) is 48.1. The van der Waals surface area contributed by atoms with Gasteiger partial charge in [0.1, 0.15) is 11.4 Å². The first-order valence-electron chi connectivity index (χ1n) is 6.66. The number of hydrogen-bond acceptors (Lipinski definition) is 5. The highest BCUT2D eigenvalue weighted by Crippen LogP contribution is 2.36. The van der Waals surface area contributed by atoms with E-state index in [0.717, 1.165) is 16.7 Å². The van der Waals surface area contributed by atoms with Crippen molar-refractivity contribution in [2.45, 2.75) is 17.5 Å². The number of ketones is 1. The number of β-lactam (4-membered cyclic amide) rings is 1. The van der Waals surface area contributed by atoms with Gasteiger partial charge in [0.25, 0.3) is 5.91 Å². The molecule has 2 saturated heterocycles. The first-order chi connectivity index (χ1) is 10.9. The highest BCUT2D eigenvalue weighted by atomic mass is 35.5. The summed E-state index contributed by atoms with van der Waals surface area (Å²) in [6.07, 6.45) is 0. The van der Waals surface area contributed by atoms with Crippen molar-refractivity contribution in [3.63, 3.8) is 0 Å². The van der Waals surface area contributed by atoms with Crippen LogP contribution >= 0.6 is 23.4 Å². The first kappa shape index (κ1) is 15.8. The highest BCUT2D eigenvalue weighted by molar-refractivity contribution is 8.00. The number of nitrogens with zero attached hydrogens (tertiary/aromatic N) is 1. The molecule has 1 aromatic rings. The van der Waals surface area contributed by atoms with Gasteiger partial charge in [-0.3, -0.25) is 14.4 Å². The van der Waals surface area contributed by atoms with E-state index in [1.165, 1.54) is 12.1 Å². The van der Waals surface area contributed by atoms with Crippen molar-refractivity contribution in [1.82, 2.24) is 10.2 Å². The minimum absolute atomic E-state index is 0.00126. The molecule has 23 heavy (non-hydrogen) atoms. The Bertz CT molecular complexity index is 708. The van der Waals surface area contributed by atoms with Gasteiger partial charge in [0.05, 0.1) is 5.75 Å². The Balaban J connectivity index is 1.72. The van der Waals surface area contributed by atoms with Crippen LogP contribution in [0.15, 0.2) is 24.3 Å². The lowest BCUT2D eigenvalue weighted by Crippen LogP contribution is -2.76. The Hall–Kier alpha value is -2.06. The molecule has 0 aliphatic carbocycles. The minimum atomic E-state index is -1.46. The number of thioether (sulfide) groups is 1. The topological polar surface area (TPSA) is 104 Å². The molecule has 0 aromatic heterocycles. The molecule has 1 aromatic carbocycles. The Kier molecular flexibility index (Phi) is 4.03. The second-order valence-corrected chi connectivity index (χ2v) is 6.65. The third-order valence-electron chi connectivity index (χ3n) is 3.69. The maximum absolute atomic E-state index is 12.1. The zero-order valence-corrected chi connectivity index (χ0v) is 13.1. The Morgan fingerprint density at radius 3 is 2.52 bits per heavy atom. The van der Waals surface area contributed by atoms with E-state index < -0.39 is 41.0 Å². The fourth-order valence-electron chi connectivity index (χ4n) is 2.55. The van der Waals surface area contributed by atoms with Crippen LogP contribution in [0.4, 0.5) is 0 Å². The zero-order valence-electron chi connectivity index (χ0n) is 11.6. The largest absolute Gasteiger partial charge is 0.479 e. The third-order valence-corrected chi connectivity index (χ3v) is 5.23. The average Bonchev–Trinajstić information content (AvgIpc) is 2.52. The quantitative estimate of drug-likeness (QED) is 0.600. The molecular formula is C14H11ClN2O5S. The molecule has 2 heterocycles. The van der Waals surface area contributed by atoms with Crippen LogP contribution in [0.5, 0.6) is 0 Å². The van der Waals surface area contributed by atoms with Crippen molar-refractivity contribution in [3.05, 3.63) is 34.9 Å². The molecule has 2 amide bonds. The molecule has 0 bridgehead atoms. The maximum Gasteiger partial charge on any atom is 0.334 e. The predicted molar refractivity (Wildman–Crippen MR) is 82.2 cm³/mol. The second kappa shape index (κ2) is 5.86. The lowest BCUT2D eigenvalue weighted by atomic mass is 10.00. The first-order valence-corrected chi connectivity index (χ1v) is 8.08. The number of rotatable bonds is 3. The number of halogens is 1. The van der Waals surface area contributed by atoms with Crippen LogP contribution in [0.25, 0.3) is 0 Å². The van der Waals surface area contributed by atoms with Gasteiger partial charge >= 0.3 is 5.97 Å². The van der Waals surface area contributed by atoms with Crippen molar-refractivity contribution in [2.24, 2.45) is 0 Å². The number of aliphatic carboxylic acids is 1. The number of carbonyl (C=O) groups excluding carboxylic acids is 3. The number of nitrogens with one attached hydrogen (secondary N) is 1. The van der Waals surface area contributed by atoms with Gasteiger partial charge in [0.2, 0.25) is 5.91 Å². The minimum Gasteiger partial charge on any atom is -0.479 e. The number of benzene rings is 1. The smallest absolute Gasteiger partial charge is 0.334 e. The molecule has 2 aliphatic rings. The molecule has 7 nitrogen and oxygen atoms in total. The van der Waals surface area contributed by atoms with Gasteiger partial charge in [-0.1, -0.05) is 11.6 Å².